The predicted molar refractivity (Wildman–Crippen MR) is 138 cm³/mol. The highest BCUT2D eigenvalue weighted by Crippen LogP contribution is 2.19. The lowest BCUT2D eigenvalue weighted by atomic mass is 9.92. The normalized spacial score (nSPS) is 21.9. The van der Waals surface area contributed by atoms with Crippen LogP contribution in [0.3, 0.4) is 0 Å². The van der Waals surface area contributed by atoms with Crippen LogP contribution in [0.1, 0.15) is 40.5 Å². The highest BCUT2D eigenvalue weighted by molar-refractivity contribution is 14.0. The van der Waals surface area contributed by atoms with Crippen molar-refractivity contribution in [1.29, 1.82) is 0 Å². The number of nitrogens with one attached hydrogen (secondary N) is 2. The van der Waals surface area contributed by atoms with Gasteiger partial charge in [-0.1, -0.05) is 26.7 Å². The maximum Gasteiger partial charge on any atom is 0.191 e. The fourth-order valence-corrected chi connectivity index (χ4v) is 4.48. The van der Waals surface area contributed by atoms with Crippen molar-refractivity contribution >= 4 is 29.9 Å². The summed E-state index contributed by atoms with van der Waals surface area (Å²) in [5, 5.41) is 7.11. The first-order valence-corrected chi connectivity index (χ1v) is 11.9. The summed E-state index contributed by atoms with van der Waals surface area (Å²) in [5.74, 6) is 1.66. The van der Waals surface area contributed by atoms with Crippen LogP contribution in [0.25, 0.3) is 0 Å². The Hall–Kier alpha value is -0.160. The molecule has 0 radical (unpaired) electrons. The minimum Gasteiger partial charge on any atom is -0.379 e. The van der Waals surface area contributed by atoms with Gasteiger partial charge in [-0.3, -0.25) is 14.8 Å². The van der Waals surface area contributed by atoms with Gasteiger partial charge in [0.15, 0.2) is 5.96 Å². The van der Waals surface area contributed by atoms with Crippen molar-refractivity contribution in [3.05, 3.63) is 0 Å². The number of halogens is 1. The molecule has 0 amide bonds. The van der Waals surface area contributed by atoms with E-state index in [4.69, 9.17) is 9.73 Å². The molecule has 2 rings (SSSR count). The number of likely N-dealkylation sites (N-methyl/N-ethyl adjacent to an activating group) is 1. The lowest BCUT2D eigenvalue weighted by Gasteiger charge is -2.39. The average molecular weight is 539 g/mol. The van der Waals surface area contributed by atoms with E-state index in [2.05, 4.69) is 60.1 Å². The Balaban J connectivity index is 0.00000450. The van der Waals surface area contributed by atoms with E-state index >= 15 is 0 Å². The summed E-state index contributed by atoms with van der Waals surface area (Å²) in [5.41, 5.74) is 0. The van der Waals surface area contributed by atoms with E-state index in [0.29, 0.717) is 18.0 Å². The topological polar surface area (TPSA) is 55.4 Å². The summed E-state index contributed by atoms with van der Waals surface area (Å²) in [7, 11) is 2.21. The van der Waals surface area contributed by atoms with Gasteiger partial charge in [-0.2, -0.15) is 0 Å². The number of piperazine rings is 1. The smallest absolute Gasteiger partial charge is 0.191 e. The quantitative estimate of drug-likeness (QED) is 0.252. The van der Waals surface area contributed by atoms with Crippen LogP contribution in [0.2, 0.25) is 0 Å². The highest BCUT2D eigenvalue weighted by atomic mass is 127. The van der Waals surface area contributed by atoms with Gasteiger partial charge in [0.25, 0.3) is 0 Å². The van der Waals surface area contributed by atoms with Crippen molar-refractivity contribution in [1.82, 2.24) is 25.3 Å². The Kier molecular flexibility index (Phi) is 14.5. The van der Waals surface area contributed by atoms with E-state index in [9.17, 15) is 0 Å². The number of nitrogens with zero attached hydrogens (tertiary/aromatic N) is 4. The van der Waals surface area contributed by atoms with Crippen molar-refractivity contribution in [2.75, 3.05) is 79.2 Å². The molecule has 2 aliphatic heterocycles. The zero-order valence-corrected chi connectivity index (χ0v) is 22.4. The van der Waals surface area contributed by atoms with Gasteiger partial charge in [-0.05, 0) is 26.8 Å². The van der Waals surface area contributed by atoms with E-state index in [0.717, 1.165) is 78.1 Å². The molecule has 0 aromatic rings. The minimum absolute atomic E-state index is 0. The van der Waals surface area contributed by atoms with Gasteiger partial charge in [0, 0.05) is 64.4 Å². The largest absolute Gasteiger partial charge is 0.379 e. The molecular weight excluding hydrogens is 491 g/mol. The van der Waals surface area contributed by atoms with Crippen molar-refractivity contribution < 1.29 is 4.74 Å². The summed E-state index contributed by atoms with van der Waals surface area (Å²) in [6.45, 7) is 20.1. The number of ether oxygens (including phenoxy) is 1. The number of aliphatic imine (C=N–C) groups is 1. The number of hydrogen-bond donors (Lipinski definition) is 2. The third-order valence-electron chi connectivity index (χ3n) is 6.61. The minimum atomic E-state index is 0. The van der Waals surface area contributed by atoms with Crippen LogP contribution < -0.4 is 10.6 Å². The van der Waals surface area contributed by atoms with E-state index in [-0.39, 0.29) is 24.0 Å². The Morgan fingerprint density at radius 1 is 0.933 bits per heavy atom. The van der Waals surface area contributed by atoms with Gasteiger partial charge in [-0.25, -0.2) is 0 Å². The van der Waals surface area contributed by atoms with E-state index in [1.807, 2.05) is 0 Å². The lowest BCUT2D eigenvalue weighted by molar-refractivity contribution is 0.00272. The molecule has 2 N–H and O–H groups in total. The van der Waals surface area contributed by atoms with Crippen LogP contribution in [-0.4, -0.2) is 112 Å². The Morgan fingerprint density at radius 2 is 1.57 bits per heavy atom. The molecule has 8 heteroatoms. The molecule has 0 aliphatic carbocycles. The van der Waals surface area contributed by atoms with Gasteiger partial charge in [0.2, 0.25) is 0 Å². The Morgan fingerprint density at radius 3 is 2.13 bits per heavy atom. The molecule has 2 atom stereocenters. The first-order valence-electron chi connectivity index (χ1n) is 11.9. The monoisotopic (exact) mass is 538 g/mol. The standard InChI is InChI=1S/C22H46N6O.HI/c1-6-20(7-2)21(28-13-15-29-16-14-28)18-25-22(23-8-3)24-17-19(4)27-11-9-26(5)10-12-27;/h19-21H,6-18H2,1-5H3,(H2,23,24,25);1H. The molecule has 0 aromatic heterocycles. The summed E-state index contributed by atoms with van der Waals surface area (Å²) >= 11 is 0. The third kappa shape index (κ3) is 9.14. The molecule has 178 valence electrons. The molecule has 2 heterocycles. The molecule has 30 heavy (non-hydrogen) atoms. The molecule has 0 bridgehead atoms. The molecule has 0 saturated carbocycles. The van der Waals surface area contributed by atoms with E-state index in [1.165, 1.54) is 12.8 Å². The van der Waals surface area contributed by atoms with E-state index in [1.54, 1.807) is 0 Å². The lowest BCUT2D eigenvalue weighted by Crippen LogP contribution is -2.53. The Labute approximate surface area is 202 Å². The van der Waals surface area contributed by atoms with Crippen molar-refractivity contribution in [2.45, 2.75) is 52.6 Å². The third-order valence-corrected chi connectivity index (χ3v) is 6.61. The van der Waals surface area contributed by atoms with Gasteiger partial charge < -0.3 is 20.3 Å². The molecule has 2 fully saturated rings. The second kappa shape index (κ2) is 15.6. The van der Waals surface area contributed by atoms with Gasteiger partial charge in [-0.15, -0.1) is 24.0 Å². The second-order valence-corrected chi connectivity index (χ2v) is 8.58. The van der Waals surface area contributed by atoms with Crippen molar-refractivity contribution in [2.24, 2.45) is 10.9 Å². The van der Waals surface area contributed by atoms with Crippen molar-refractivity contribution in [3.63, 3.8) is 0 Å². The fraction of sp³-hybridized carbons (Fsp3) is 0.955. The molecule has 7 nitrogen and oxygen atoms in total. The zero-order chi connectivity index (χ0) is 21.1. The van der Waals surface area contributed by atoms with Crippen LogP contribution in [0.5, 0.6) is 0 Å². The summed E-state index contributed by atoms with van der Waals surface area (Å²) in [6.07, 6.45) is 2.43. The SMILES string of the molecule is CCNC(=NCC(C)N1CCN(C)CC1)NCC(C(CC)CC)N1CCOCC1.I. The molecule has 2 saturated heterocycles. The van der Waals surface area contributed by atoms with Crippen LogP contribution >= 0.6 is 24.0 Å². The molecule has 0 aromatic carbocycles. The average Bonchev–Trinajstić information content (AvgIpc) is 2.75. The van der Waals surface area contributed by atoms with Crippen LogP contribution in [-0.2, 0) is 4.74 Å². The first kappa shape index (κ1) is 27.9. The van der Waals surface area contributed by atoms with Crippen LogP contribution in [0.4, 0.5) is 0 Å². The molecule has 0 spiro atoms. The molecule has 2 aliphatic rings. The van der Waals surface area contributed by atoms with Gasteiger partial charge in [0.1, 0.15) is 0 Å². The zero-order valence-electron chi connectivity index (χ0n) is 20.0. The van der Waals surface area contributed by atoms with E-state index < -0.39 is 0 Å². The maximum atomic E-state index is 5.58. The number of morpholine rings is 1. The Bertz CT molecular complexity index is 463. The number of hydrogen-bond acceptors (Lipinski definition) is 5. The second-order valence-electron chi connectivity index (χ2n) is 8.58. The molecular formula is C22H47IN6O. The van der Waals surface area contributed by atoms with Gasteiger partial charge >= 0.3 is 0 Å². The predicted octanol–water partition coefficient (Wildman–Crippen LogP) is 1.93. The van der Waals surface area contributed by atoms with Crippen LogP contribution in [0, 0.1) is 5.92 Å². The first-order chi connectivity index (χ1) is 14.1. The van der Waals surface area contributed by atoms with Gasteiger partial charge in [0.05, 0.1) is 19.8 Å². The molecule has 2 unspecified atom stereocenters. The number of guanidine groups is 1. The summed E-state index contributed by atoms with van der Waals surface area (Å²) in [6, 6.07) is 1.01. The van der Waals surface area contributed by atoms with Crippen LogP contribution in [0.15, 0.2) is 4.99 Å². The summed E-state index contributed by atoms with van der Waals surface area (Å²) < 4.78 is 5.58. The number of rotatable bonds is 10. The fourth-order valence-electron chi connectivity index (χ4n) is 4.48. The maximum absolute atomic E-state index is 5.58. The summed E-state index contributed by atoms with van der Waals surface area (Å²) in [4.78, 5) is 12.5. The highest BCUT2D eigenvalue weighted by Gasteiger charge is 2.27. The van der Waals surface area contributed by atoms with Crippen molar-refractivity contribution in [3.8, 4) is 0 Å².